The van der Waals surface area contributed by atoms with Crippen LogP contribution in [0.1, 0.15) is 31.4 Å². The first-order valence-electron chi connectivity index (χ1n) is 10.7. The minimum Gasteiger partial charge on any atom is -0.469 e. The molecule has 1 aliphatic heterocycles. The number of hydrogen-bond donors (Lipinski definition) is 1. The Morgan fingerprint density at radius 1 is 1.22 bits per heavy atom. The number of fused-ring (bicyclic) bond motifs is 1. The normalized spacial score (nSPS) is 26.1. The average molecular weight is 467 g/mol. The van der Waals surface area contributed by atoms with Crippen LogP contribution in [-0.4, -0.2) is 56.5 Å². The summed E-state index contributed by atoms with van der Waals surface area (Å²) in [5, 5.41) is 2.59. The molecule has 1 heterocycles. The summed E-state index contributed by atoms with van der Waals surface area (Å²) < 4.78 is 34.3. The molecule has 1 unspecified atom stereocenters. The highest BCUT2D eigenvalue weighted by molar-refractivity contribution is 7.54. The first kappa shape index (κ1) is 24.4. The van der Waals surface area contributed by atoms with Crippen LogP contribution in [-0.2, 0) is 50.3 Å². The smallest absolute Gasteiger partial charge is 0.332 e. The minimum atomic E-state index is -3.68. The molecule has 1 fully saturated rings. The van der Waals surface area contributed by atoms with Crippen LogP contribution in [0.2, 0.25) is 0 Å². The molecule has 4 atom stereocenters. The van der Waals surface area contributed by atoms with Gasteiger partial charge in [-0.2, -0.15) is 0 Å². The summed E-state index contributed by atoms with van der Waals surface area (Å²) in [5.74, 6) is -2.46. The molecule has 176 valence electrons. The Kier molecular flexibility index (Phi) is 8.09. The van der Waals surface area contributed by atoms with Crippen LogP contribution in [0.5, 0.6) is 0 Å². The summed E-state index contributed by atoms with van der Waals surface area (Å²) in [6, 6.07) is 7.95. The van der Waals surface area contributed by atoms with E-state index < -0.39 is 37.5 Å². The molecule has 1 amide bonds. The molecular formula is C22H30NO8P. The van der Waals surface area contributed by atoms with Crippen molar-refractivity contribution in [2.75, 3.05) is 26.4 Å². The van der Waals surface area contributed by atoms with Crippen LogP contribution in [0.4, 0.5) is 0 Å². The molecule has 32 heavy (non-hydrogen) atoms. The van der Waals surface area contributed by atoms with Gasteiger partial charge in [0.2, 0.25) is 5.91 Å². The molecule has 0 aromatic heterocycles. The number of ether oxygens (including phenoxy) is 2. The van der Waals surface area contributed by atoms with E-state index >= 15 is 0 Å². The van der Waals surface area contributed by atoms with Crippen molar-refractivity contribution in [3.63, 3.8) is 0 Å². The predicted octanol–water partition coefficient (Wildman–Crippen LogP) is 2.26. The molecule has 1 aromatic carbocycles. The lowest BCUT2D eigenvalue weighted by molar-refractivity contribution is -0.152. The van der Waals surface area contributed by atoms with E-state index in [-0.39, 0.29) is 37.8 Å². The van der Waals surface area contributed by atoms with Crippen LogP contribution in [0.25, 0.3) is 0 Å². The van der Waals surface area contributed by atoms with Crippen molar-refractivity contribution < 1.29 is 37.5 Å². The van der Waals surface area contributed by atoms with Crippen LogP contribution >= 0.6 is 7.60 Å². The zero-order valence-electron chi connectivity index (χ0n) is 18.6. The van der Waals surface area contributed by atoms with Crippen molar-refractivity contribution in [3.05, 3.63) is 35.4 Å². The lowest BCUT2D eigenvalue weighted by atomic mass is 10.1. The van der Waals surface area contributed by atoms with E-state index in [9.17, 15) is 18.9 Å². The number of esters is 2. The highest BCUT2D eigenvalue weighted by atomic mass is 31.2. The third kappa shape index (κ3) is 6.18. The van der Waals surface area contributed by atoms with Crippen molar-refractivity contribution in [2.24, 2.45) is 11.8 Å². The monoisotopic (exact) mass is 467 g/mol. The number of hydrogen-bond acceptors (Lipinski definition) is 8. The zero-order chi connectivity index (χ0) is 23.3. The first-order chi connectivity index (χ1) is 15.2. The fourth-order valence-electron chi connectivity index (χ4n) is 3.81. The molecule has 0 saturated carbocycles. The Morgan fingerprint density at radius 2 is 1.88 bits per heavy atom. The van der Waals surface area contributed by atoms with Gasteiger partial charge in [0.05, 0.1) is 32.2 Å². The maximum Gasteiger partial charge on any atom is 0.332 e. The van der Waals surface area contributed by atoms with Crippen molar-refractivity contribution in [1.29, 1.82) is 0 Å². The number of nitrogens with one attached hydrogen (secondary N) is 1. The second-order valence-electron chi connectivity index (χ2n) is 8.35. The van der Waals surface area contributed by atoms with Gasteiger partial charge in [-0.15, -0.1) is 0 Å². The summed E-state index contributed by atoms with van der Waals surface area (Å²) in [5.41, 5.74) is 2.33. The topological polar surface area (TPSA) is 117 Å². The van der Waals surface area contributed by atoms with Gasteiger partial charge in [0.15, 0.2) is 6.10 Å². The molecule has 2 aliphatic rings. The van der Waals surface area contributed by atoms with Gasteiger partial charge in [0, 0.05) is 25.3 Å². The fraction of sp³-hybridized carbons (Fsp3) is 0.591. The summed E-state index contributed by atoms with van der Waals surface area (Å²) in [7, 11) is -2.42. The summed E-state index contributed by atoms with van der Waals surface area (Å²) in [6.07, 6.45) is -0.0882. The van der Waals surface area contributed by atoms with Gasteiger partial charge >= 0.3 is 19.5 Å². The molecule has 1 N–H and O–H groups in total. The molecule has 9 nitrogen and oxygen atoms in total. The molecule has 0 spiro atoms. The molecule has 1 saturated heterocycles. The average Bonchev–Trinajstić information content (AvgIpc) is 3.17. The third-order valence-corrected chi connectivity index (χ3v) is 7.72. The fourth-order valence-corrected chi connectivity index (χ4v) is 5.99. The Hall–Kier alpha value is -2.22. The molecule has 3 rings (SSSR count). The number of carbonyl (C=O) groups is 3. The number of carbonyl (C=O) groups excluding carboxylic acids is 3. The van der Waals surface area contributed by atoms with Crippen LogP contribution in [0.15, 0.2) is 24.3 Å². The Bertz CT molecular complexity index is 879. The minimum absolute atomic E-state index is 0.0193. The zero-order valence-corrected chi connectivity index (χ0v) is 19.5. The van der Waals surface area contributed by atoms with E-state index in [1.165, 1.54) is 18.2 Å². The highest BCUT2D eigenvalue weighted by Gasteiger charge is 2.43. The third-order valence-electron chi connectivity index (χ3n) is 5.64. The van der Waals surface area contributed by atoms with Gasteiger partial charge in [-0.1, -0.05) is 38.1 Å². The lowest BCUT2D eigenvalue weighted by Gasteiger charge is -2.34. The van der Waals surface area contributed by atoms with Gasteiger partial charge in [0.1, 0.15) is 6.10 Å². The van der Waals surface area contributed by atoms with E-state index in [1.807, 2.05) is 24.3 Å². The van der Waals surface area contributed by atoms with Crippen LogP contribution in [0, 0.1) is 11.8 Å². The van der Waals surface area contributed by atoms with E-state index in [2.05, 4.69) is 10.1 Å². The summed E-state index contributed by atoms with van der Waals surface area (Å²) in [6.45, 7) is 3.49. The van der Waals surface area contributed by atoms with Gasteiger partial charge in [-0.05, 0) is 11.1 Å². The van der Waals surface area contributed by atoms with E-state index in [0.717, 1.165) is 0 Å². The highest BCUT2D eigenvalue weighted by Crippen LogP contribution is 2.54. The molecule has 1 aromatic rings. The number of methoxy groups -OCH3 is 1. The number of benzene rings is 1. The summed E-state index contributed by atoms with van der Waals surface area (Å²) >= 11 is 0. The van der Waals surface area contributed by atoms with Crippen molar-refractivity contribution in [1.82, 2.24) is 5.32 Å². The quantitative estimate of drug-likeness (QED) is 0.457. The molecule has 10 heteroatoms. The van der Waals surface area contributed by atoms with Gasteiger partial charge in [-0.25, -0.2) is 0 Å². The van der Waals surface area contributed by atoms with E-state index in [4.69, 9.17) is 13.8 Å². The van der Waals surface area contributed by atoms with Gasteiger partial charge < -0.3 is 19.3 Å². The molecule has 1 aliphatic carbocycles. The number of rotatable bonds is 8. The predicted molar refractivity (Wildman–Crippen MR) is 115 cm³/mol. The van der Waals surface area contributed by atoms with Gasteiger partial charge in [-0.3, -0.25) is 23.5 Å². The van der Waals surface area contributed by atoms with Crippen LogP contribution < -0.4 is 5.32 Å². The lowest BCUT2D eigenvalue weighted by Crippen LogP contribution is -2.44. The van der Waals surface area contributed by atoms with Crippen LogP contribution in [0.3, 0.4) is 0 Å². The molecular weight excluding hydrogens is 437 g/mol. The van der Waals surface area contributed by atoms with Crippen molar-refractivity contribution in [2.45, 2.75) is 45.3 Å². The van der Waals surface area contributed by atoms with Gasteiger partial charge in [0.25, 0.3) is 0 Å². The Morgan fingerprint density at radius 3 is 2.50 bits per heavy atom. The van der Waals surface area contributed by atoms with E-state index in [1.54, 1.807) is 13.8 Å². The second-order valence-corrected chi connectivity index (χ2v) is 10.4. The number of amides is 1. The van der Waals surface area contributed by atoms with Crippen molar-refractivity contribution >= 4 is 25.4 Å². The second kappa shape index (κ2) is 10.6. The maximum atomic E-state index is 13.1. The Labute approximate surface area is 187 Å². The summed E-state index contributed by atoms with van der Waals surface area (Å²) in [4.78, 5) is 36.3. The van der Waals surface area contributed by atoms with Crippen molar-refractivity contribution in [3.8, 4) is 0 Å². The standard InChI is InChI=1S/C22H30NO8P/c1-14-12-29-32(27,31-20(14)21(25)23-9-8-19(24)28-3)13-15(2)22(26)30-18-10-16-6-4-5-7-17(16)11-18/h4-7,14-15,18,20H,8-13H2,1-3H3,(H,23,25)/t14?,15-,20-,32-/m1/s1. The Balaban J connectivity index is 1.51. The first-order valence-corrected chi connectivity index (χ1v) is 12.5. The largest absolute Gasteiger partial charge is 0.469 e. The SMILES string of the molecule is COC(=O)CCNC(=O)[C@@H]1O[P@@](=O)(C[C@@H](C)C(=O)OC2Cc3ccccc3C2)OCC1C. The molecule has 0 radical (unpaired) electrons. The maximum absolute atomic E-state index is 13.1. The van der Waals surface area contributed by atoms with E-state index in [0.29, 0.717) is 12.8 Å². The molecule has 0 bridgehead atoms.